The molecule has 0 saturated carbocycles. The molecule has 5 rings (SSSR count). The Bertz CT molecular complexity index is 915. The Morgan fingerprint density at radius 3 is 2.76 bits per heavy atom. The van der Waals surface area contributed by atoms with E-state index < -0.39 is 0 Å². The lowest BCUT2D eigenvalue weighted by Crippen LogP contribution is -2.29. The first-order valence-electron chi connectivity index (χ1n) is 10.5. The number of rotatable bonds is 4. The number of hydrogen-bond acceptors (Lipinski definition) is 6. The smallest absolute Gasteiger partial charge is 0.142 e. The molecule has 29 heavy (non-hydrogen) atoms. The highest BCUT2D eigenvalue weighted by Crippen LogP contribution is 2.35. The van der Waals surface area contributed by atoms with Crippen molar-refractivity contribution in [2.45, 2.75) is 32.2 Å². The van der Waals surface area contributed by atoms with Crippen molar-refractivity contribution in [3.63, 3.8) is 0 Å². The topological polar surface area (TPSA) is 68.1 Å². The summed E-state index contributed by atoms with van der Waals surface area (Å²) < 4.78 is 7.81. The van der Waals surface area contributed by atoms with Crippen LogP contribution in [-0.2, 0) is 11.3 Å². The molecule has 7 heteroatoms. The van der Waals surface area contributed by atoms with E-state index >= 15 is 0 Å². The average Bonchev–Trinajstić information content (AvgIpc) is 3.33. The van der Waals surface area contributed by atoms with Crippen LogP contribution in [-0.4, -0.2) is 50.7 Å². The largest absolute Gasteiger partial charge is 0.381 e. The predicted octanol–water partition coefficient (Wildman–Crippen LogP) is 2.71. The summed E-state index contributed by atoms with van der Waals surface area (Å²) in [7, 11) is 0. The molecular weight excluding hydrogens is 364 g/mol. The van der Waals surface area contributed by atoms with Crippen LogP contribution in [0.2, 0.25) is 0 Å². The van der Waals surface area contributed by atoms with Gasteiger partial charge in [-0.25, -0.2) is 15.0 Å². The molecule has 5 heterocycles. The van der Waals surface area contributed by atoms with Gasteiger partial charge in [0.25, 0.3) is 0 Å². The van der Waals surface area contributed by atoms with Crippen molar-refractivity contribution >= 4 is 11.9 Å². The van der Waals surface area contributed by atoms with Crippen molar-refractivity contribution < 1.29 is 4.74 Å². The highest BCUT2D eigenvalue weighted by atomic mass is 16.5. The molecule has 0 amide bonds. The van der Waals surface area contributed by atoms with E-state index in [1.165, 1.54) is 5.70 Å². The van der Waals surface area contributed by atoms with Crippen LogP contribution < -0.4 is 5.32 Å². The molecule has 2 aromatic heterocycles. The van der Waals surface area contributed by atoms with E-state index in [1.54, 1.807) is 0 Å². The second-order valence-electron chi connectivity index (χ2n) is 8.39. The van der Waals surface area contributed by atoms with Crippen LogP contribution in [0.4, 0.5) is 0 Å². The predicted molar refractivity (Wildman–Crippen MR) is 111 cm³/mol. The second-order valence-corrected chi connectivity index (χ2v) is 8.39. The minimum absolute atomic E-state index is 0.425. The van der Waals surface area contributed by atoms with E-state index in [0.29, 0.717) is 17.8 Å². The fourth-order valence-corrected chi connectivity index (χ4v) is 4.80. The number of likely N-dealkylation sites (tertiary alicyclic amines) is 1. The molecule has 0 bridgehead atoms. The van der Waals surface area contributed by atoms with Gasteiger partial charge < -0.3 is 10.1 Å². The van der Waals surface area contributed by atoms with Gasteiger partial charge in [-0.15, -0.1) is 0 Å². The van der Waals surface area contributed by atoms with Crippen molar-refractivity contribution in [1.82, 2.24) is 29.7 Å². The van der Waals surface area contributed by atoms with E-state index in [-0.39, 0.29) is 0 Å². The molecule has 0 aromatic carbocycles. The first-order valence-corrected chi connectivity index (χ1v) is 10.5. The van der Waals surface area contributed by atoms with E-state index in [1.807, 2.05) is 24.7 Å². The molecule has 0 unspecified atom stereocenters. The zero-order valence-corrected chi connectivity index (χ0v) is 16.9. The Kier molecular flexibility index (Phi) is 4.93. The average molecular weight is 393 g/mol. The van der Waals surface area contributed by atoms with Gasteiger partial charge in [0.1, 0.15) is 11.6 Å². The molecule has 0 radical (unpaired) electrons. The SMILES string of the molecule is C=C1NC([C@@H]2CN(Cc3ncccn3)C[C@H]2C)=Cn2c1cnc2C1CCOCC1. The van der Waals surface area contributed by atoms with Crippen molar-refractivity contribution in [2.24, 2.45) is 11.8 Å². The van der Waals surface area contributed by atoms with E-state index in [0.717, 1.165) is 68.7 Å². The van der Waals surface area contributed by atoms with Gasteiger partial charge in [0.15, 0.2) is 0 Å². The molecule has 3 aliphatic rings. The first-order chi connectivity index (χ1) is 14.2. The van der Waals surface area contributed by atoms with Crippen LogP contribution >= 0.6 is 0 Å². The van der Waals surface area contributed by atoms with Gasteiger partial charge >= 0.3 is 0 Å². The number of ether oxygens (including phenoxy) is 1. The number of nitrogens with one attached hydrogen (secondary N) is 1. The molecule has 2 fully saturated rings. The third-order valence-electron chi connectivity index (χ3n) is 6.36. The lowest BCUT2D eigenvalue weighted by Gasteiger charge is -2.28. The summed E-state index contributed by atoms with van der Waals surface area (Å²) in [6.45, 7) is 11.1. The number of imidazole rings is 1. The second kappa shape index (κ2) is 7.72. The molecule has 7 nitrogen and oxygen atoms in total. The zero-order chi connectivity index (χ0) is 19.8. The van der Waals surface area contributed by atoms with Crippen molar-refractivity contribution in [2.75, 3.05) is 26.3 Å². The van der Waals surface area contributed by atoms with Gasteiger partial charge in [-0.2, -0.15) is 0 Å². The summed E-state index contributed by atoms with van der Waals surface area (Å²) in [6, 6.07) is 1.86. The molecule has 3 aliphatic heterocycles. The van der Waals surface area contributed by atoms with Gasteiger partial charge in [-0.05, 0) is 24.8 Å². The molecule has 2 saturated heterocycles. The van der Waals surface area contributed by atoms with Gasteiger partial charge in [0.2, 0.25) is 0 Å². The van der Waals surface area contributed by atoms with Gasteiger partial charge in [-0.3, -0.25) is 9.47 Å². The normalized spacial score (nSPS) is 25.6. The van der Waals surface area contributed by atoms with Crippen molar-refractivity contribution in [1.29, 1.82) is 0 Å². The van der Waals surface area contributed by atoms with E-state index in [2.05, 4.69) is 44.5 Å². The lowest BCUT2D eigenvalue weighted by molar-refractivity contribution is 0.0834. The summed E-state index contributed by atoms with van der Waals surface area (Å²) in [5.41, 5.74) is 3.23. The van der Waals surface area contributed by atoms with Crippen molar-refractivity contribution in [3.8, 4) is 0 Å². The maximum absolute atomic E-state index is 5.54. The number of nitrogens with zero attached hydrogens (tertiary/aromatic N) is 5. The summed E-state index contributed by atoms with van der Waals surface area (Å²) in [5, 5.41) is 3.57. The van der Waals surface area contributed by atoms with Crippen LogP contribution in [0.1, 0.15) is 43.0 Å². The maximum atomic E-state index is 5.54. The molecule has 1 N–H and O–H groups in total. The van der Waals surface area contributed by atoms with Gasteiger partial charge in [-0.1, -0.05) is 13.5 Å². The van der Waals surface area contributed by atoms with Gasteiger partial charge in [0.05, 0.1) is 24.1 Å². The quantitative estimate of drug-likeness (QED) is 0.863. The van der Waals surface area contributed by atoms with E-state index in [4.69, 9.17) is 9.72 Å². The Morgan fingerprint density at radius 1 is 1.17 bits per heavy atom. The van der Waals surface area contributed by atoms with Crippen LogP contribution in [0.5, 0.6) is 0 Å². The fraction of sp³-hybridized carbons (Fsp3) is 0.500. The Hall–Kier alpha value is -2.51. The first kappa shape index (κ1) is 18.5. The van der Waals surface area contributed by atoms with Gasteiger partial charge in [0, 0.05) is 62.4 Å². The lowest BCUT2D eigenvalue weighted by atomic mass is 9.93. The number of aromatic nitrogens is 4. The van der Waals surface area contributed by atoms with Crippen LogP contribution in [0.25, 0.3) is 11.9 Å². The van der Waals surface area contributed by atoms with Crippen LogP contribution in [0, 0.1) is 11.8 Å². The minimum Gasteiger partial charge on any atom is -0.381 e. The zero-order valence-electron chi connectivity index (χ0n) is 16.9. The number of hydrogen-bond donors (Lipinski definition) is 1. The summed E-state index contributed by atoms with van der Waals surface area (Å²) in [4.78, 5) is 16.0. The highest BCUT2D eigenvalue weighted by molar-refractivity contribution is 5.67. The third-order valence-corrected chi connectivity index (χ3v) is 6.36. The van der Waals surface area contributed by atoms with Crippen molar-refractivity contribution in [3.05, 3.63) is 54.3 Å². The van der Waals surface area contributed by atoms with Crippen LogP contribution in [0.3, 0.4) is 0 Å². The monoisotopic (exact) mass is 392 g/mol. The summed E-state index contributed by atoms with van der Waals surface area (Å²) in [6.07, 6.45) is 9.89. The Morgan fingerprint density at radius 2 is 1.97 bits per heavy atom. The van der Waals surface area contributed by atoms with E-state index in [9.17, 15) is 0 Å². The highest BCUT2D eigenvalue weighted by Gasteiger charge is 2.35. The Balaban J connectivity index is 1.38. The number of fused-ring (bicyclic) bond motifs is 1. The molecule has 2 atom stereocenters. The minimum atomic E-state index is 0.425. The molecule has 152 valence electrons. The standard InChI is InChI=1S/C22H28N6O/c1-15-11-27(14-21-23-6-3-7-24-21)12-18(15)19-13-28-20(16(2)26-19)10-25-22(28)17-4-8-29-9-5-17/h3,6-7,10,13,15,17-18,26H,2,4-5,8-9,11-12,14H2,1H3/t15-,18-/m1/s1. The molecule has 0 aliphatic carbocycles. The third kappa shape index (κ3) is 3.60. The Labute approximate surface area is 171 Å². The van der Waals surface area contributed by atoms with Crippen LogP contribution in [0.15, 0.2) is 36.9 Å². The summed E-state index contributed by atoms with van der Waals surface area (Å²) >= 11 is 0. The maximum Gasteiger partial charge on any atom is 0.142 e. The fourth-order valence-electron chi connectivity index (χ4n) is 4.80. The molecular formula is C22H28N6O. The molecule has 2 aromatic rings. The molecule has 0 spiro atoms. The summed E-state index contributed by atoms with van der Waals surface area (Å²) in [5.74, 6) is 3.45.